The molecule has 0 aliphatic rings. The lowest BCUT2D eigenvalue weighted by molar-refractivity contribution is -0.124. The molecule has 0 N–H and O–H groups in total. The van der Waals surface area contributed by atoms with Crippen molar-refractivity contribution in [2.45, 2.75) is 59.8 Å². The molecule has 0 aliphatic carbocycles. The van der Waals surface area contributed by atoms with Gasteiger partial charge in [0, 0.05) is 23.8 Å². The van der Waals surface area contributed by atoms with Gasteiger partial charge in [0.1, 0.15) is 17.4 Å². The van der Waals surface area contributed by atoms with Crippen molar-refractivity contribution >= 4 is 11.6 Å². The van der Waals surface area contributed by atoms with E-state index in [-0.39, 0.29) is 23.3 Å². The van der Waals surface area contributed by atoms with Gasteiger partial charge in [-0.3, -0.25) is 4.79 Å². The minimum absolute atomic E-state index is 0.0297. The zero-order valence-electron chi connectivity index (χ0n) is 13.6. The highest BCUT2D eigenvalue weighted by molar-refractivity contribution is 5.88. The molecule has 2 unspecified atom stereocenters. The fraction of sp³-hybridized carbons (Fsp3) is 0.556. The summed E-state index contributed by atoms with van der Waals surface area (Å²) < 4.78 is 14.4. The fourth-order valence-corrected chi connectivity index (χ4v) is 2.69. The van der Waals surface area contributed by atoms with Gasteiger partial charge in [-0.1, -0.05) is 19.9 Å². The summed E-state index contributed by atoms with van der Waals surface area (Å²) in [6.07, 6.45) is 1.42. The van der Waals surface area contributed by atoms with Gasteiger partial charge in [-0.25, -0.2) is 4.39 Å². The molecule has 116 valence electrons. The van der Waals surface area contributed by atoms with E-state index in [9.17, 15) is 14.0 Å². The first-order chi connectivity index (χ1) is 9.77. The zero-order valence-corrected chi connectivity index (χ0v) is 13.6. The van der Waals surface area contributed by atoms with E-state index in [1.807, 2.05) is 33.8 Å². The standard InChI is InChI=1S/C18H25FO2/c1-6-12(3)18(21)15(8-7-14(5)20)17-13(4)9-11(2)10-16(17)19/h9-10,12,15H,6-8H2,1-5H3. The molecule has 2 nitrogen and oxygen atoms in total. The topological polar surface area (TPSA) is 34.1 Å². The molecule has 0 saturated heterocycles. The Morgan fingerprint density at radius 2 is 1.86 bits per heavy atom. The SMILES string of the molecule is CCC(C)C(=O)C(CCC(C)=O)c1c(C)cc(C)cc1F. The number of halogens is 1. The van der Waals surface area contributed by atoms with E-state index in [0.717, 1.165) is 17.5 Å². The van der Waals surface area contributed by atoms with E-state index >= 15 is 0 Å². The van der Waals surface area contributed by atoms with Crippen LogP contribution in [0.5, 0.6) is 0 Å². The Balaban J connectivity index is 3.23. The molecular formula is C18H25FO2. The van der Waals surface area contributed by atoms with Gasteiger partial charge in [-0.05, 0) is 50.8 Å². The second-order valence-electron chi connectivity index (χ2n) is 5.98. The lowest BCUT2D eigenvalue weighted by Gasteiger charge is -2.22. The molecule has 0 heterocycles. The molecule has 21 heavy (non-hydrogen) atoms. The van der Waals surface area contributed by atoms with E-state index in [1.165, 1.54) is 13.0 Å². The Kier molecular flexibility index (Phi) is 6.25. The Morgan fingerprint density at radius 3 is 2.33 bits per heavy atom. The molecule has 0 bridgehead atoms. The summed E-state index contributed by atoms with van der Waals surface area (Å²) in [5.74, 6) is -0.920. The number of carbonyl (C=O) groups excluding carboxylic acids is 2. The summed E-state index contributed by atoms with van der Waals surface area (Å²) in [4.78, 5) is 23.9. The summed E-state index contributed by atoms with van der Waals surface area (Å²) in [6.45, 7) is 8.98. The smallest absolute Gasteiger partial charge is 0.143 e. The maximum atomic E-state index is 14.4. The van der Waals surface area contributed by atoms with Crippen LogP contribution in [0.4, 0.5) is 4.39 Å². The van der Waals surface area contributed by atoms with Crippen LogP contribution < -0.4 is 0 Å². The van der Waals surface area contributed by atoms with E-state index in [1.54, 1.807) is 0 Å². The Hall–Kier alpha value is -1.51. The maximum absolute atomic E-state index is 14.4. The maximum Gasteiger partial charge on any atom is 0.143 e. The van der Waals surface area contributed by atoms with Crippen molar-refractivity contribution in [1.82, 2.24) is 0 Å². The van der Waals surface area contributed by atoms with Crippen LogP contribution in [0.3, 0.4) is 0 Å². The van der Waals surface area contributed by atoms with Gasteiger partial charge in [0.2, 0.25) is 0 Å². The molecule has 0 aliphatic heterocycles. The molecular weight excluding hydrogens is 267 g/mol. The Bertz CT molecular complexity index is 511. The van der Waals surface area contributed by atoms with E-state index in [4.69, 9.17) is 0 Å². The predicted molar refractivity (Wildman–Crippen MR) is 83.0 cm³/mol. The van der Waals surface area contributed by atoms with Crippen molar-refractivity contribution in [1.29, 1.82) is 0 Å². The summed E-state index contributed by atoms with van der Waals surface area (Å²) >= 11 is 0. The minimum atomic E-state index is -0.524. The lowest BCUT2D eigenvalue weighted by Crippen LogP contribution is -2.22. The van der Waals surface area contributed by atoms with E-state index < -0.39 is 5.92 Å². The third kappa shape index (κ3) is 4.48. The average Bonchev–Trinajstić information content (AvgIpc) is 2.39. The molecule has 0 saturated carbocycles. The van der Waals surface area contributed by atoms with Crippen LogP contribution in [0.1, 0.15) is 62.6 Å². The van der Waals surface area contributed by atoms with Crippen molar-refractivity contribution in [3.63, 3.8) is 0 Å². The van der Waals surface area contributed by atoms with Gasteiger partial charge in [-0.2, -0.15) is 0 Å². The number of aryl methyl sites for hydroxylation is 2. The normalized spacial score (nSPS) is 13.8. The molecule has 0 fully saturated rings. The number of hydrogen-bond acceptors (Lipinski definition) is 2. The first kappa shape index (κ1) is 17.5. The van der Waals surface area contributed by atoms with Crippen molar-refractivity contribution < 1.29 is 14.0 Å². The number of Topliss-reactive ketones (excluding diaryl/α,β-unsaturated/α-hetero) is 2. The molecule has 0 amide bonds. The van der Waals surface area contributed by atoms with Crippen LogP contribution in [0.2, 0.25) is 0 Å². The minimum Gasteiger partial charge on any atom is -0.300 e. The van der Waals surface area contributed by atoms with Crippen molar-refractivity contribution in [3.05, 3.63) is 34.6 Å². The molecule has 0 radical (unpaired) electrons. The van der Waals surface area contributed by atoms with Crippen LogP contribution in [0.15, 0.2) is 12.1 Å². The van der Waals surface area contributed by atoms with Crippen LogP contribution in [-0.4, -0.2) is 11.6 Å². The van der Waals surface area contributed by atoms with Gasteiger partial charge in [0.05, 0.1) is 0 Å². The first-order valence-corrected chi connectivity index (χ1v) is 7.57. The van der Waals surface area contributed by atoms with Crippen molar-refractivity contribution in [2.75, 3.05) is 0 Å². The third-order valence-electron chi connectivity index (χ3n) is 4.06. The highest BCUT2D eigenvalue weighted by Gasteiger charge is 2.28. The van der Waals surface area contributed by atoms with Crippen molar-refractivity contribution in [3.8, 4) is 0 Å². The largest absolute Gasteiger partial charge is 0.300 e. The molecule has 0 aromatic heterocycles. The van der Waals surface area contributed by atoms with Gasteiger partial charge in [0.25, 0.3) is 0 Å². The van der Waals surface area contributed by atoms with Crippen LogP contribution >= 0.6 is 0 Å². The fourth-order valence-electron chi connectivity index (χ4n) is 2.69. The third-order valence-corrected chi connectivity index (χ3v) is 4.06. The van der Waals surface area contributed by atoms with Gasteiger partial charge in [-0.15, -0.1) is 0 Å². The number of benzene rings is 1. The summed E-state index contributed by atoms with van der Waals surface area (Å²) in [7, 11) is 0. The van der Waals surface area contributed by atoms with Gasteiger partial charge < -0.3 is 4.79 Å². The van der Waals surface area contributed by atoms with Crippen LogP contribution in [0.25, 0.3) is 0 Å². The summed E-state index contributed by atoms with van der Waals surface area (Å²) in [5, 5.41) is 0. The highest BCUT2D eigenvalue weighted by Crippen LogP contribution is 2.31. The zero-order chi connectivity index (χ0) is 16.2. The monoisotopic (exact) mass is 292 g/mol. The number of hydrogen-bond donors (Lipinski definition) is 0. The second kappa shape index (κ2) is 7.48. The average molecular weight is 292 g/mol. The second-order valence-corrected chi connectivity index (χ2v) is 5.98. The van der Waals surface area contributed by atoms with Crippen LogP contribution in [0, 0.1) is 25.6 Å². The highest BCUT2D eigenvalue weighted by atomic mass is 19.1. The van der Waals surface area contributed by atoms with Gasteiger partial charge in [0.15, 0.2) is 0 Å². The molecule has 1 aromatic rings. The van der Waals surface area contributed by atoms with Crippen molar-refractivity contribution in [2.24, 2.45) is 5.92 Å². The molecule has 0 spiro atoms. The summed E-state index contributed by atoms with van der Waals surface area (Å²) in [5.41, 5.74) is 2.10. The number of rotatable bonds is 7. The van der Waals surface area contributed by atoms with Crippen LogP contribution in [-0.2, 0) is 9.59 Å². The lowest BCUT2D eigenvalue weighted by atomic mass is 9.81. The Morgan fingerprint density at radius 1 is 1.24 bits per heavy atom. The predicted octanol–water partition coefficient (Wildman–Crippen LogP) is 4.51. The molecule has 1 rings (SSSR count). The first-order valence-electron chi connectivity index (χ1n) is 7.57. The van der Waals surface area contributed by atoms with E-state index in [2.05, 4.69) is 0 Å². The Labute approximate surface area is 126 Å². The molecule has 3 heteroatoms. The summed E-state index contributed by atoms with van der Waals surface area (Å²) in [6, 6.07) is 3.36. The van der Waals surface area contributed by atoms with Gasteiger partial charge >= 0.3 is 0 Å². The number of ketones is 2. The molecule has 1 aromatic carbocycles. The van der Waals surface area contributed by atoms with E-state index in [0.29, 0.717) is 18.4 Å². The molecule has 2 atom stereocenters. The number of carbonyl (C=O) groups is 2. The quantitative estimate of drug-likeness (QED) is 0.741.